The fourth-order valence-corrected chi connectivity index (χ4v) is 3.49. The first-order valence-electron chi connectivity index (χ1n) is 8.03. The van der Waals surface area contributed by atoms with Crippen molar-refractivity contribution in [3.8, 4) is 16.3 Å². The van der Waals surface area contributed by atoms with E-state index in [1.807, 2.05) is 61.5 Å². The molecule has 0 spiro atoms. The molecule has 8 heteroatoms. The third-order valence-electron chi connectivity index (χ3n) is 3.67. The molecular weight excluding hydrogens is 425 g/mol. The lowest BCUT2D eigenvalue weighted by Gasteiger charge is -2.02. The van der Waals surface area contributed by atoms with E-state index in [1.165, 1.54) is 16.9 Å². The van der Waals surface area contributed by atoms with E-state index >= 15 is 0 Å². The monoisotopic (exact) mass is 440 g/mol. The Hall–Kier alpha value is -2.42. The molecule has 5 nitrogen and oxygen atoms in total. The summed E-state index contributed by atoms with van der Waals surface area (Å²) in [5, 5.41) is 10.2. The van der Waals surface area contributed by atoms with Crippen molar-refractivity contribution < 1.29 is 9.68 Å². The van der Waals surface area contributed by atoms with Crippen molar-refractivity contribution in [1.82, 2.24) is 9.97 Å². The summed E-state index contributed by atoms with van der Waals surface area (Å²) in [7, 11) is 0.699. The van der Waals surface area contributed by atoms with Gasteiger partial charge < -0.3 is 15.4 Å². The van der Waals surface area contributed by atoms with Crippen LogP contribution in [0.1, 0.15) is 5.56 Å². The maximum atomic E-state index is 8.40. The second-order valence-electron chi connectivity index (χ2n) is 5.62. The van der Waals surface area contributed by atoms with Gasteiger partial charge in [0.05, 0.1) is 11.9 Å². The molecule has 4 aromatic rings. The van der Waals surface area contributed by atoms with Gasteiger partial charge in [-0.2, -0.15) is 0 Å². The first-order chi connectivity index (χ1) is 13.1. The van der Waals surface area contributed by atoms with E-state index < -0.39 is 0 Å². The van der Waals surface area contributed by atoms with E-state index in [9.17, 15) is 0 Å². The Morgan fingerprint density at radius 1 is 1.15 bits per heavy atom. The molecule has 4 rings (SSSR count). The van der Waals surface area contributed by atoms with Gasteiger partial charge in [-0.05, 0) is 40.4 Å². The molecule has 135 valence electrons. The molecule has 0 saturated carbocycles. The van der Waals surface area contributed by atoms with Crippen LogP contribution in [0.15, 0.2) is 65.4 Å². The summed E-state index contributed by atoms with van der Waals surface area (Å²) in [6.45, 7) is 2.05. The highest BCUT2D eigenvalue weighted by molar-refractivity contribution is 9.10. The molecule has 0 aliphatic carbocycles. The van der Waals surface area contributed by atoms with E-state index in [1.54, 1.807) is 6.20 Å². The Morgan fingerprint density at radius 2 is 1.89 bits per heavy atom. The highest BCUT2D eigenvalue weighted by Crippen LogP contribution is 2.30. The second-order valence-corrected chi connectivity index (χ2v) is 7.42. The van der Waals surface area contributed by atoms with Crippen LogP contribution in [0.3, 0.4) is 0 Å². The second kappa shape index (κ2) is 8.99. The summed E-state index contributed by atoms with van der Waals surface area (Å²) in [6, 6.07) is 18.0. The molecular formula is C19H16BBrN3O2S. The van der Waals surface area contributed by atoms with Crippen LogP contribution in [0.2, 0.25) is 0 Å². The van der Waals surface area contributed by atoms with Crippen LogP contribution in [-0.2, 0) is 0 Å². The number of hydrogen-bond acceptors (Lipinski definition) is 6. The summed E-state index contributed by atoms with van der Waals surface area (Å²) >= 11 is 4.77. The average Bonchev–Trinajstić information content (AvgIpc) is 3.08. The SMILES string of the molecule is Cc1ccc(-c2cnc(N)c(Br)n2)cc1.O[B]Oc1cc2ccccc2s1. The van der Waals surface area contributed by atoms with Crippen LogP contribution in [0.5, 0.6) is 5.06 Å². The topological polar surface area (TPSA) is 81.3 Å². The third kappa shape index (κ3) is 5.06. The number of anilines is 1. The molecule has 0 aliphatic rings. The first-order valence-corrected chi connectivity index (χ1v) is 9.64. The number of benzene rings is 2. The zero-order valence-corrected chi connectivity index (χ0v) is 16.9. The fraction of sp³-hybridized carbons (Fsp3) is 0.0526. The maximum Gasteiger partial charge on any atom is 0.569 e. The largest absolute Gasteiger partial charge is 0.569 e. The zero-order valence-electron chi connectivity index (χ0n) is 14.5. The molecule has 2 heterocycles. The number of nitrogens with two attached hydrogens (primary N) is 1. The van der Waals surface area contributed by atoms with Gasteiger partial charge >= 0.3 is 7.69 Å². The van der Waals surface area contributed by atoms with Gasteiger partial charge in [0, 0.05) is 10.3 Å². The van der Waals surface area contributed by atoms with E-state index in [0.717, 1.165) is 21.3 Å². The summed E-state index contributed by atoms with van der Waals surface area (Å²) in [5.41, 5.74) is 8.65. The predicted molar refractivity (Wildman–Crippen MR) is 115 cm³/mol. The minimum Gasteiger partial charge on any atom is -0.530 e. The summed E-state index contributed by atoms with van der Waals surface area (Å²) in [5.74, 6) is 0.408. The van der Waals surface area contributed by atoms with Gasteiger partial charge in [0.1, 0.15) is 4.60 Å². The van der Waals surface area contributed by atoms with E-state index in [2.05, 4.69) is 25.9 Å². The number of aromatic nitrogens is 2. The number of halogens is 1. The van der Waals surface area contributed by atoms with Gasteiger partial charge in [0.15, 0.2) is 10.9 Å². The Labute approximate surface area is 170 Å². The van der Waals surface area contributed by atoms with Crippen LogP contribution in [-0.4, -0.2) is 22.7 Å². The highest BCUT2D eigenvalue weighted by atomic mass is 79.9. The molecule has 1 radical (unpaired) electrons. The van der Waals surface area contributed by atoms with Crippen LogP contribution < -0.4 is 10.4 Å². The van der Waals surface area contributed by atoms with Gasteiger partial charge in [-0.1, -0.05) is 48.0 Å². The van der Waals surface area contributed by atoms with Gasteiger partial charge in [-0.15, -0.1) is 11.3 Å². The molecule has 2 aromatic heterocycles. The molecule has 0 fully saturated rings. The number of rotatable bonds is 3. The molecule has 0 aliphatic heterocycles. The summed E-state index contributed by atoms with van der Waals surface area (Å²) in [4.78, 5) is 8.35. The zero-order chi connectivity index (χ0) is 19.2. The standard InChI is InChI=1S/C11H10BrN3.C8H6BO2S/c1-7-2-4-8(5-3-7)9-6-14-11(13)10(12)15-9;10-9-11-8-5-6-3-1-2-4-7(6)12-8/h2-6H,1H3,(H2,13,14);1-5,10H. The van der Waals surface area contributed by atoms with Crippen molar-refractivity contribution in [3.05, 3.63) is 71.0 Å². The molecule has 0 atom stereocenters. The molecule has 0 unspecified atom stereocenters. The average molecular weight is 441 g/mol. The van der Waals surface area contributed by atoms with Crippen molar-refractivity contribution >= 4 is 50.9 Å². The smallest absolute Gasteiger partial charge is 0.530 e. The van der Waals surface area contributed by atoms with Gasteiger partial charge in [0.25, 0.3) is 0 Å². The number of nitrogens with zero attached hydrogens (tertiary/aromatic N) is 2. The Bertz CT molecular complexity index is 1010. The Morgan fingerprint density at radius 3 is 2.56 bits per heavy atom. The number of thiophene rings is 1. The molecule has 3 N–H and O–H groups in total. The van der Waals surface area contributed by atoms with Gasteiger partial charge in [-0.25, -0.2) is 9.97 Å². The molecule has 0 amide bonds. The minimum atomic E-state index is 0.408. The van der Waals surface area contributed by atoms with Crippen molar-refractivity contribution in [3.63, 3.8) is 0 Å². The van der Waals surface area contributed by atoms with E-state index in [4.69, 9.17) is 15.4 Å². The summed E-state index contributed by atoms with van der Waals surface area (Å²) in [6.07, 6.45) is 1.67. The molecule has 0 bridgehead atoms. The van der Waals surface area contributed by atoms with Crippen molar-refractivity contribution in [2.24, 2.45) is 0 Å². The van der Waals surface area contributed by atoms with Crippen LogP contribution in [0.4, 0.5) is 5.82 Å². The number of fused-ring (bicyclic) bond motifs is 1. The van der Waals surface area contributed by atoms with E-state index in [0.29, 0.717) is 23.2 Å². The Balaban J connectivity index is 0.000000159. The van der Waals surface area contributed by atoms with Crippen LogP contribution in [0.25, 0.3) is 21.3 Å². The van der Waals surface area contributed by atoms with Gasteiger partial charge in [-0.3, -0.25) is 0 Å². The van der Waals surface area contributed by atoms with Gasteiger partial charge in [0.2, 0.25) is 0 Å². The number of hydrogen-bond donors (Lipinski definition) is 2. The number of nitrogen functional groups attached to an aromatic ring is 1. The van der Waals surface area contributed by atoms with Crippen LogP contribution >= 0.6 is 27.3 Å². The van der Waals surface area contributed by atoms with Crippen LogP contribution in [0, 0.1) is 6.92 Å². The normalized spacial score (nSPS) is 10.2. The highest BCUT2D eigenvalue weighted by Gasteiger charge is 2.03. The fourth-order valence-electron chi connectivity index (χ4n) is 2.31. The maximum absolute atomic E-state index is 8.40. The first kappa shape index (κ1) is 19.3. The van der Waals surface area contributed by atoms with Crippen molar-refractivity contribution in [2.75, 3.05) is 5.73 Å². The van der Waals surface area contributed by atoms with E-state index in [-0.39, 0.29) is 0 Å². The predicted octanol–water partition coefficient (Wildman–Crippen LogP) is 4.60. The third-order valence-corrected chi connectivity index (χ3v) is 5.27. The number of aryl methyl sites for hydroxylation is 1. The Kier molecular flexibility index (Phi) is 6.44. The lowest BCUT2D eigenvalue weighted by Crippen LogP contribution is -1.97. The molecule has 2 aromatic carbocycles. The minimum absolute atomic E-state index is 0.408. The quantitative estimate of drug-likeness (QED) is 0.455. The lowest BCUT2D eigenvalue weighted by atomic mass is 10.1. The van der Waals surface area contributed by atoms with Crippen molar-refractivity contribution in [2.45, 2.75) is 6.92 Å². The molecule has 27 heavy (non-hydrogen) atoms. The summed E-state index contributed by atoms with van der Waals surface area (Å²) < 4.78 is 6.59. The molecule has 0 saturated heterocycles. The lowest BCUT2D eigenvalue weighted by molar-refractivity contribution is 0.461. The van der Waals surface area contributed by atoms with Crippen molar-refractivity contribution in [1.29, 1.82) is 0 Å².